The van der Waals surface area contributed by atoms with Gasteiger partial charge in [-0.3, -0.25) is 0 Å². The van der Waals surface area contributed by atoms with Crippen LogP contribution in [0.1, 0.15) is 33.3 Å². The van der Waals surface area contributed by atoms with Gasteiger partial charge in [-0.2, -0.15) is 0 Å². The molecule has 1 N–H and O–H groups in total. The van der Waals surface area contributed by atoms with Gasteiger partial charge in [0, 0.05) is 5.54 Å². The predicted octanol–water partition coefficient (Wildman–Crippen LogP) is 2.33. The number of hydrogen-bond acceptors (Lipinski definition) is 3. The Morgan fingerprint density at radius 3 is 2.33 bits per heavy atom. The van der Waals surface area contributed by atoms with E-state index in [1.54, 1.807) is 25.3 Å². The smallest absolute Gasteiger partial charge is 0.241 e. The first-order valence-corrected chi connectivity index (χ1v) is 7.39. The van der Waals surface area contributed by atoms with Crippen LogP contribution in [0.2, 0.25) is 0 Å². The van der Waals surface area contributed by atoms with Crippen LogP contribution in [-0.4, -0.2) is 21.1 Å². The zero-order chi connectivity index (χ0) is 14.0. The highest BCUT2D eigenvalue weighted by atomic mass is 32.2. The van der Waals surface area contributed by atoms with Crippen LogP contribution in [0.4, 0.5) is 0 Å². The molecular weight excluding hydrogens is 250 g/mol. The summed E-state index contributed by atoms with van der Waals surface area (Å²) < 4.78 is 32.1. The Morgan fingerprint density at radius 1 is 1.28 bits per heavy atom. The Kier molecular flexibility index (Phi) is 4.40. The molecule has 5 heteroatoms. The van der Waals surface area contributed by atoms with Crippen LogP contribution in [0, 0.1) is 0 Å². The summed E-state index contributed by atoms with van der Waals surface area (Å²) in [6, 6.07) is 4.91. The molecule has 102 valence electrons. The summed E-state index contributed by atoms with van der Waals surface area (Å²) in [5.41, 5.74) is 0.389. The minimum absolute atomic E-state index is 0.273. The van der Waals surface area contributed by atoms with E-state index in [9.17, 15) is 8.42 Å². The van der Waals surface area contributed by atoms with E-state index in [0.717, 1.165) is 12.0 Å². The number of nitrogens with one attached hydrogen (secondary N) is 1. The molecule has 0 radical (unpaired) electrons. The van der Waals surface area contributed by atoms with Crippen LogP contribution in [0.15, 0.2) is 23.1 Å². The minimum Gasteiger partial charge on any atom is -0.496 e. The lowest BCUT2D eigenvalue weighted by molar-refractivity contribution is 0.409. The van der Waals surface area contributed by atoms with Gasteiger partial charge in [0.15, 0.2) is 0 Å². The largest absolute Gasteiger partial charge is 0.496 e. The normalized spacial score (nSPS) is 12.5. The quantitative estimate of drug-likeness (QED) is 0.914. The summed E-state index contributed by atoms with van der Waals surface area (Å²) in [6.45, 7) is 7.41. The zero-order valence-corrected chi connectivity index (χ0v) is 12.4. The minimum atomic E-state index is -3.48. The Bertz CT molecular complexity index is 516. The molecule has 0 atom stereocenters. The van der Waals surface area contributed by atoms with Crippen LogP contribution in [0.3, 0.4) is 0 Å². The highest BCUT2D eigenvalue weighted by Gasteiger charge is 2.22. The number of ether oxygens (including phenoxy) is 1. The molecule has 0 heterocycles. The van der Waals surface area contributed by atoms with Crippen molar-refractivity contribution in [2.24, 2.45) is 0 Å². The fourth-order valence-corrected chi connectivity index (χ4v) is 3.13. The second-order valence-electron chi connectivity index (χ2n) is 5.18. The summed E-state index contributed by atoms with van der Waals surface area (Å²) in [7, 11) is -1.90. The van der Waals surface area contributed by atoms with Gasteiger partial charge in [0.2, 0.25) is 10.0 Å². The molecule has 0 saturated heterocycles. The van der Waals surface area contributed by atoms with E-state index in [4.69, 9.17) is 4.74 Å². The van der Waals surface area contributed by atoms with Crippen LogP contribution >= 0.6 is 0 Å². The summed E-state index contributed by atoms with van der Waals surface area (Å²) in [6.07, 6.45) is 0.724. The van der Waals surface area contributed by atoms with Crippen molar-refractivity contribution in [3.8, 4) is 5.75 Å². The van der Waals surface area contributed by atoms with E-state index in [-0.39, 0.29) is 4.90 Å². The van der Waals surface area contributed by atoms with Crippen molar-refractivity contribution in [3.63, 3.8) is 0 Å². The van der Waals surface area contributed by atoms with Gasteiger partial charge in [0.25, 0.3) is 0 Å². The average Bonchev–Trinajstić information content (AvgIpc) is 2.24. The highest BCUT2D eigenvalue weighted by Crippen LogP contribution is 2.23. The van der Waals surface area contributed by atoms with Crippen molar-refractivity contribution in [2.75, 3.05) is 7.11 Å². The van der Waals surface area contributed by atoms with Gasteiger partial charge in [-0.25, -0.2) is 13.1 Å². The van der Waals surface area contributed by atoms with Crippen molar-refractivity contribution in [1.82, 2.24) is 4.72 Å². The SMILES string of the molecule is CCc1cc(S(=O)(=O)NC(C)(C)C)ccc1OC. The van der Waals surface area contributed by atoms with Gasteiger partial charge in [-0.05, 0) is 51.0 Å². The van der Waals surface area contributed by atoms with Gasteiger partial charge in [-0.15, -0.1) is 0 Å². The van der Waals surface area contributed by atoms with E-state index >= 15 is 0 Å². The standard InChI is InChI=1S/C13H21NO3S/c1-6-10-9-11(7-8-12(10)17-5)18(15,16)14-13(2,3)4/h7-9,14H,6H2,1-5H3. The number of benzene rings is 1. The second kappa shape index (κ2) is 5.28. The molecule has 0 unspecified atom stereocenters. The van der Waals surface area contributed by atoms with E-state index in [2.05, 4.69) is 4.72 Å². The molecule has 0 aromatic heterocycles. The van der Waals surface area contributed by atoms with Crippen molar-refractivity contribution in [1.29, 1.82) is 0 Å². The van der Waals surface area contributed by atoms with Gasteiger partial charge >= 0.3 is 0 Å². The molecular formula is C13H21NO3S. The topological polar surface area (TPSA) is 55.4 Å². The maximum absolute atomic E-state index is 12.2. The Balaban J connectivity index is 3.18. The summed E-state index contributed by atoms with van der Waals surface area (Å²) >= 11 is 0. The van der Waals surface area contributed by atoms with E-state index in [1.165, 1.54) is 0 Å². The summed E-state index contributed by atoms with van der Waals surface area (Å²) in [5, 5.41) is 0. The maximum atomic E-state index is 12.2. The number of methoxy groups -OCH3 is 1. The molecule has 4 nitrogen and oxygen atoms in total. The van der Waals surface area contributed by atoms with Gasteiger partial charge in [0.1, 0.15) is 5.75 Å². The molecule has 0 aliphatic rings. The highest BCUT2D eigenvalue weighted by molar-refractivity contribution is 7.89. The first-order valence-electron chi connectivity index (χ1n) is 5.90. The molecule has 1 rings (SSSR count). The molecule has 0 aliphatic carbocycles. The van der Waals surface area contributed by atoms with E-state index in [1.807, 2.05) is 27.7 Å². The van der Waals surface area contributed by atoms with Crippen molar-refractivity contribution >= 4 is 10.0 Å². The van der Waals surface area contributed by atoms with Crippen LogP contribution in [0.5, 0.6) is 5.75 Å². The molecule has 1 aromatic rings. The molecule has 0 bridgehead atoms. The Hall–Kier alpha value is -1.07. The van der Waals surface area contributed by atoms with E-state index < -0.39 is 15.6 Å². The predicted molar refractivity (Wildman–Crippen MR) is 72.4 cm³/mol. The summed E-state index contributed by atoms with van der Waals surface area (Å²) in [4.78, 5) is 0.273. The number of rotatable bonds is 4. The first kappa shape index (κ1) is 15.0. The number of aryl methyl sites for hydroxylation is 1. The average molecular weight is 271 g/mol. The molecule has 1 aromatic carbocycles. The maximum Gasteiger partial charge on any atom is 0.241 e. The van der Waals surface area contributed by atoms with Gasteiger partial charge < -0.3 is 4.74 Å². The fraction of sp³-hybridized carbons (Fsp3) is 0.538. The first-order chi connectivity index (χ1) is 8.19. The van der Waals surface area contributed by atoms with Crippen LogP contribution in [0.25, 0.3) is 0 Å². The van der Waals surface area contributed by atoms with Crippen molar-refractivity contribution < 1.29 is 13.2 Å². The van der Waals surface area contributed by atoms with Crippen LogP contribution < -0.4 is 9.46 Å². The molecule has 0 saturated carbocycles. The third kappa shape index (κ3) is 3.71. The van der Waals surface area contributed by atoms with Crippen LogP contribution in [-0.2, 0) is 16.4 Å². The lowest BCUT2D eigenvalue weighted by Gasteiger charge is -2.20. The lowest BCUT2D eigenvalue weighted by Crippen LogP contribution is -2.40. The summed E-state index contributed by atoms with van der Waals surface area (Å²) in [5.74, 6) is 0.715. The van der Waals surface area contributed by atoms with Crippen molar-refractivity contribution in [2.45, 2.75) is 44.6 Å². The second-order valence-corrected chi connectivity index (χ2v) is 6.87. The van der Waals surface area contributed by atoms with E-state index in [0.29, 0.717) is 5.75 Å². The molecule has 0 aliphatic heterocycles. The lowest BCUT2D eigenvalue weighted by atomic mass is 10.1. The third-order valence-corrected chi connectivity index (χ3v) is 4.14. The van der Waals surface area contributed by atoms with Gasteiger partial charge in [0.05, 0.1) is 12.0 Å². The third-order valence-electron chi connectivity index (χ3n) is 2.38. The zero-order valence-electron chi connectivity index (χ0n) is 11.6. The molecule has 18 heavy (non-hydrogen) atoms. The molecule has 0 spiro atoms. The molecule has 0 amide bonds. The fourth-order valence-electron chi connectivity index (χ4n) is 1.66. The van der Waals surface area contributed by atoms with Crippen molar-refractivity contribution in [3.05, 3.63) is 23.8 Å². The monoisotopic (exact) mass is 271 g/mol. The Labute approximate surface area is 109 Å². The number of hydrogen-bond donors (Lipinski definition) is 1. The number of sulfonamides is 1. The van der Waals surface area contributed by atoms with Gasteiger partial charge in [-0.1, -0.05) is 6.92 Å². The molecule has 0 fully saturated rings. The Morgan fingerprint density at radius 2 is 1.89 bits per heavy atom.